The Morgan fingerprint density at radius 3 is 1.35 bits per heavy atom. The largest absolute Gasteiger partial charge is 0.480 e. The van der Waals surface area contributed by atoms with Crippen molar-refractivity contribution in [1.29, 1.82) is 0 Å². The minimum absolute atomic E-state index is 0.262. The van der Waals surface area contributed by atoms with E-state index in [1.165, 1.54) is 0 Å². The molecule has 7 unspecified atom stereocenters. The van der Waals surface area contributed by atoms with Crippen molar-refractivity contribution in [3.05, 3.63) is 0 Å². The summed E-state index contributed by atoms with van der Waals surface area (Å²) in [5, 5.41) is 26.3. The first-order valence-corrected chi connectivity index (χ1v) is 10.9. The van der Waals surface area contributed by atoms with Crippen LogP contribution in [0.5, 0.6) is 0 Å². The van der Waals surface area contributed by atoms with E-state index < -0.39 is 54.5 Å². The lowest BCUT2D eigenvalue weighted by Gasteiger charge is -2.30. The molecular formula is C21H40N4O6. The van der Waals surface area contributed by atoms with E-state index in [0.717, 1.165) is 0 Å². The van der Waals surface area contributed by atoms with Gasteiger partial charge < -0.3 is 31.9 Å². The molecule has 0 fully saturated rings. The number of hydrogen-bond acceptors (Lipinski definition) is 6. The molecule has 3 amide bonds. The van der Waals surface area contributed by atoms with Crippen molar-refractivity contribution in [2.75, 3.05) is 6.61 Å². The van der Waals surface area contributed by atoms with Crippen molar-refractivity contribution in [1.82, 2.24) is 16.0 Å². The Kier molecular flexibility index (Phi) is 13.0. The Morgan fingerprint density at radius 1 is 0.710 bits per heavy atom. The smallest absolute Gasteiger partial charge is 0.326 e. The number of aliphatic hydroxyl groups is 1. The SMILES string of the molecule is CCC(C)C(NC(=O)C(NC(=O)C(NC(=O)C(N)CO)C(C)CC)C(C)CC)C(=O)O. The van der Waals surface area contributed by atoms with Crippen LogP contribution in [0.1, 0.15) is 60.8 Å². The van der Waals surface area contributed by atoms with Crippen LogP contribution in [-0.4, -0.2) is 64.7 Å². The van der Waals surface area contributed by atoms with Gasteiger partial charge in [0.25, 0.3) is 0 Å². The van der Waals surface area contributed by atoms with Gasteiger partial charge in [0.05, 0.1) is 6.61 Å². The number of amides is 3. The Labute approximate surface area is 184 Å². The van der Waals surface area contributed by atoms with Crippen molar-refractivity contribution in [2.45, 2.75) is 85.0 Å². The molecule has 0 saturated heterocycles. The van der Waals surface area contributed by atoms with Crippen LogP contribution >= 0.6 is 0 Å². The van der Waals surface area contributed by atoms with Crippen molar-refractivity contribution < 1.29 is 29.4 Å². The minimum Gasteiger partial charge on any atom is -0.480 e. The van der Waals surface area contributed by atoms with E-state index in [4.69, 9.17) is 10.8 Å². The van der Waals surface area contributed by atoms with Gasteiger partial charge in [0.1, 0.15) is 24.2 Å². The number of rotatable bonds is 14. The highest BCUT2D eigenvalue weighted by Gasteiger charge is 2.35. The molecular weight excluding hydrogens is 404 g/mol. The number of aliphatic carboxylic acids is 1. The summed E-state index contributed by atoms with van der Waals surface area (Å²) in [6.07, 6.45) is 1.70. The van der Waals surface area contributed by atoms with Crippen LogP contribution in [0.15, 0.2) is 0 Å². The molecule has 7 N–H and O–H groups in total. The second-order valence-corrected chi connectivity index (χ2v) is 8.24. The fraction of sp³-hybridized carbons (Fsp3) is 0.810. The lowest BCUT2D eigenvalue weighted by atomic mass is 9.93. The predicted molar refractivity (Wildman–Crippen MR) is 117 cm³/mol. The number of aliphatic hydroxyl groups excluding tert-OH is 1. The summed E-state index contributed by atoms with van der Waals surface area (Å²) in [7, 11) is 0. The molecule has 0 aliphatic rings. The van der Waals surface area contributed by atoms with E-state index in [9.17, 15) is 24.3 Å². The molecule has 0 aliphatic carbocycles. The van der Waals surface area contributed by atoms with Gasteiger partial charge >= 0.3 is 5.97 Å². The average molecular weight is 445 g/mol. The third kappa shape index (κ3) is 8.82. The van der Waals surface area contributed by atoms with E-state index in [2.05, 4.69) is 16.0 Å². The van der Waals surface area contributed by atoms with Crippen molar-refractivity contribution in [3.8, 4) is 0 Å². The molecule has 31 heavy (non-hydrogen) atoms. The number of nitrogens with two attached hydrogens (primary N) is 1. The van der Waals surface area contributed by atoms with Crippen molar-refractivity contribution in [3.63, 3.8) is 0 Å². The maximum Gasteiger partial charge on any atom is 0.326 e. The monoisotopic (exact) mass is 444 g/mol. The first-order chi connectivity index (χ1) is 14.4. The molecule has 10 nitrogen and oxygen atoms in total. The summed E-state index contributed by atoms with van der Waals surface area (Å²) in [4.78, 5) is 49.6. The molecule has 0 aromatic carbocycles. The van der Waals surface area contributed by atoms with E-state index in [0.29, 0.717) is 19.3 Å². The highest BCUT2D eigenvalue weighted by Crippen LogP contribution is 2.14. The van der Waals surface area contributed by atoms with Gasteiger partial charge in [0, 0.05) is 0 Å². The standard InChI is InChI=1S/C21H40N4O6/c1-7-11(4)15(23-18(27)14(22)10-26)19(28)24-16(12(5)8-2)20(29)25-17(21(30)31)13(6)9-3/h11-17,26H,7-10,22H2,1-6H3,(H,23,27)(H,24,28)(H,25,29)(H,30,31). The van der Waals surface area contributed by atoms with Crippen LogP contribution in [0.2, 0.25) is 0 Å². The van der Waals surface area contributed by atoms with Gasteiger partial charge in [-0.2, -0.15) is 0 Å². The van der Waals surface area contributed by atoms with Gasteiger partial charge in [-0.3, -0.25) is 14.4 Å². The maximum absolute atomic E-state index is 13.0. The molecule has 0 aliphatic heterocycles. The molecule has 0 heterocycles. The zero-order valence-corrected chi connectivity index (χ0v) is 19.5. The van der Waals surface area contributed by atoms with Crippen LogP contribution in [0, 0.1) is 17.8 Å². The van der Waals surface area contributed by atoms with Gasteiger partial charge in [0.2, 0.25) is 17.7 Å². The highest BCUT2D eigenvalue weighted by atomic mass is 16.4. The third-order valence-electron chi connectivity index (χ3n) is 5.90. The Balaban J connectivity index is 5.63. The van der Waals surface area contributed by atoms with E-state index in [1.54, 1.807) is 20.8 Å². The molecule has 0 radical (unpaired) electrons. The van der Waals surface area contributed by atoms with E-state index in [1.807, 2.05) is 20.8 Å². The summed E-state index contributed by atoms with van der Waals surface area (Å²) in [5.74, 6) is -3.79. The van der Waals surface area contributed by atoms with Gasteiger partial charge in [0.15, 0.2) is 0 Å². The first kappa shape index (κ1) is 28.8. The molecule has 0 aromatic rings. The number of nitrogens with one attached hydrogen (secondary N) is 3. The number of carbonyl (C=O) groups is 4. The number of hydrogen-bond donors (Lipinski definition) is 6. The molecule has 0 rings (SSSR count). The van der Waals surface area contributed by atoms with Crippen LogP contribution in [0.4, 0.5) is 0 Å². The lowest BCUT2D eigenvalue weighted by Crippen LogP contribution is -2.60. The second kappa shape index (κ2) is 14.0. The van der Waals surface area contributed by atoms with Crippen LogP contribution in [0.3, 0.4) is 0 Å². The second-order valence-electron chi connectivity index (χ2n) is 8.24. The summed E-state index contributed by atoms with van der Waals surface area (Å²) < 4.78 is 0. The van der Waals surface area contributed by atoms with Crippen LogP contribution < -0.4 is 21.7 Å². The zero-order valence-electron chi connectivity index (χ0n) is 19.5. The molecule has 0 spiro atoms. The Bertz CT molecular complexity index is 615. The van der Waals surface area contributed by atoms with Gasteiger partial charge in [-0.25, -0.2) is 4.79 Å². The Hall–Kier alpha value is -2.20. The summed E-state index contributed by atoms with van der Waals surface area (Å²) >= 11 is 0. The van der Waals surface area contributed by atoms with Crippen molar-refractivity contribution >= 4 is 23.7 Å². The van der Waals surface area contributed by atoms with Crippen molar-refractivity contribution in [2.24, 2.45) is 23.5 Å². The fourth-order valence-corrected chi connectivity index (χ4v) is 2.92. The van der Waals surface area contributed by atoms with Gasteiger partial charge in [-0.1, -0.05) is 60.8 Å². The summed E-state index contributed by atoms with van der Waals surface area (Å²) in [6.45, 7) is 10.3. The lowest BCUT2D eigenvalue weighted by molar-refractivity contribution is -0.144. The van der Waals surface area contributed by atoms with Crippen LogP contribution in [0.25, 0.3) is 0 Å². The summed E-state index contributed by atoms with van der Waals surface area (Å²) in [5.41, 5.74) is 5.54. The molecule has 7 atom stereocenters. The van der Waals surface area contributed by atoms with E-state index >= 15 is 0 Å². The zero-order chi connectivity index (χ0) is 24.3. The predicted octanol–water partition coefficient (Wildman–Crippen LogP) is -0.0167. The van der Waals surface area contributed by atoms with Gasteiger partial charge in [-0.05, 0) is 17.8 Å². The average Bonchev–Trinajstić information content (AvgIpc) is 2.76. The highest BCUT2D eigenvalue weighted by molar-refractivity contribution is 5.94. The van der Waals surface area contributed by atoms with Gasteiger partial charge in [-0.15, -0.1) is 0 Å². The Morgan fingerprint density at radius 2 is 1.03 bits per heavy atom. The number of carboxylic acids is 1. The molecule has 10 heteroatoms. The topological polar surface area (TPSA) is 171 Å². The molecule has 0 bridgehead atoms. The molecule has 180 valence electrons. The minimum atomic E-state index is -1.17. The summed E-state index contributed by atoms with van der Waals surface area (Å²) in [6, 6.07) is -4.17. The maximum atomic E-state index is 13.0. The third-order valence-corrected chi connectivity index (χ3v) is 5.90. The quantitative estimate of drug-likeness (QED) is 0.219. The first-order valence-electron chi connectivity index (χ1n) is 10.9. The van der Waals surface area contributed by atoms with E-state index in [-0.39, 0.29) is 17.8 Å². The molecule has 0 aromatic heterocycles. The number of carbonyl (C=O) groups excluding carboxylic acids is 3. The molecule has 0 saturated carbocycles. The van der Waals surface area contributed by atoms with Crippen LogP contribution in [-0.2, 0) is 19.2 Å². The number of carboxylic acid groups (broad SMARTS) is 1. The normalized spacial score (nSPS) is 17.9. The fourth-order valence-electron chi connectivity index (χ4n) is 2.92.